The van der Waals surface area contributed by atoms with Gasteiger partial charge in [0.25, 0.3) is 0 Å². The van der Waals surface area contributed by atoms with Crippen molar-refractivity contribution in [1.82, 2.24) is 0 Å². The number of esters is 4. The van der Waals surface area contributed by atoms with Crippen LogP contribution >= 0.6 is 46.4 Å². The van der Waals surface area contributed by atoms with E-state index in [2.05, 4.69) is 0 Å². The molecule has 0 amide bonds. The molecule has 1 unspecified atom stereocenters. The van der Waals surface area contributed by atoms with E-state index in [1.165, 1.54) is 6.08 Å². The van der Waals surface area contributed by atoms with Gasteiger partial charge in [-0.1, -0.05) is 29.3 Å². The Morgan fingerprint density at radius 3 is 2.38 bits per heavy atom. The van der Waals surface area contributed by atoms with Crippen LogP contribution in [0.5, 0.6) is 0 Å². The van der Waals surface area contributed by atoms with Crippen LogP contribution in [0.4, 0.5) is 0 Å². The summed E-state index contributed by atoms with van der Waals surface area (Å²) >= 11 is 23.1. The minimum Gasteiger partial charge on any atom is -0.481 e. The lowest BCUT2D eigenvalue weighted by atomic mass is 10.0. The summed E-state index contributed by atoms with van der Waals surface area (Å²) in [5.41, 5.74) is 1.01. The molecular formula is C27H32Cl4O11. The van der Waals surface area contributed by atoms with Crippen LogP contribution < -0.4 is 0 Å². The number of carboxylic acids is 1. The highest BCUT2D eigenvalue weighted by molar-refractivity contribution is 6.29. The number of carboxylic acid groups (broad SMARTS) is 1. The van der Waals surface area contributed by atoms with Gasteiger partial charge in [0.1, 0.15) is 48.7 Å². The van der Waals surface area contributed by atoms with Crippen LogP contribution in [0, 0.1) is 0 Å². The zero-order valence-corrected chi connectivity index (χ0v) is 25.8. The standard InChI is InChI=1S/C27H32Cl4O11/c1-15(8-22(32)33)7-20(41-25(36)12-29)27-21(42-26(37)13-30)9-18(39-27)6-5-17(31)4-2-3-16-14-38-23(34)10-19(16)40-24(35)11-28/h3-4,7,18-21,27H,2,5-6,8-14H2,1H3,(H,32,33)/b15-7+,16-3-,17-4-/t18-,19?,20-,21-,27-/m1/s1. The van der Waals surface area contributed by atoms with Gasteiger partial charge in [-0.15, -0.1) is 34.8 Å². The van der Waals surface area contributed by atoms with Crippen molar-refractivity contribution < 1.29 is 52.8 Å². The van der Waals surface area contributed by atoms with E-state index in [4.69, 9.17) is 75.2 Å². The molecule has 2 aliphatic rings. The molecular weight excluding hydrogens is 642 g/mol. The number of ether oxygens (including phenoxy) is 5. The lowest BCUT2D eigenvalue weighted by Gasteiger charge is -2.26. The first-order valence-corrected chi connectivity index (χ1v) is 14.9. The normalized spacial score (nSPS) is 24.6. The van der Waals surface area contributed by atoms with Crippen molar-refractivity contribution in [3.63, 3.8) is 0 Å². The Morgan fingerprint density at radius 1 is 1.07 bits per heavy atom. The number of alkyl halides is 3. The number of hydrogen-bond acceptors (Lipinski definition) is 10. The molecule has 2 saturated heterocycles. The molecule has 2 heterocycles. The van der Waals surface area contributed by atoms with Gasteiger partial charge in [-0.2, -0.15) is 0 Å². The summed E-state index contributed by atoms with van der Waals surface area (Å²) in [4.78, 5) is 58.3. The molecule has 0 saturated carbocycles. The second kappa shape index (κ2) is 18.4. The van der Waals surface area contributed by atoms with Crippen LogP contribution in [0.1, 0.15) is 45.4 Å². The Kier molecular flexibility index (Phi) is 15.7. The van der Waals surface area contributed by atoms with Crippen LogP contribution in [0.25, 0.3) is 0 Å². The predicted molar refractivity (Wildman–Crippen MR) is 153 cm³/mol. The number of cyclic esters (lactones) is 1. The second-order valence-corrected chi connectivity index (χ2v) is 10.8. The summed E-state index contributed by atoms with van der Waals surface area (Å²) in [6, 6.07) is 0. The topological polar surface area (TPSA) is 152 Å². The molecule has 0 bridgehead atoms. The summed E-state index contributed by atoms with van der Waals surface area (Å²) in [5.74, 6) is -4.84. The molecule has 1 N–H and O–H groups in total. The summed E-state index contributed by atoms with van der Waals surface area (Å²) in [5, 5.41) is 9.61. The molecule has 234 valence electrons. The maximum absolute atomic E-state index is 12.0. The fraction of sp³-hybridized carbons (Fsp3) is 0.593. The quantitative estimate of drug-likeness (QED) is 0.115. The smallest absolute Gasteiger partial charge is 0.321 e. The molecule has 0 radical (unpaired) electrons. The molecule has 15 heteroatoms. The van der Waals surface area contributed by atoms with Crippen LogP contribution in [-0.2, 0) is 47.7 Å². The van der Waals surface area contributed by atoms with Gasteiger partial charge in [-0.3, -0.25) is 24.0 Å². The predicted octanol–water partition coefficient (Wildman–Crippen LogP) is 4.18. The number of carbonyl (C=O) groups excluding carboxylic acids is 4. The van der Waals surface area contributed by atoms with Gasteiger partial charge in [-0.25, -0.2) is 0 Å². The first-order valence-electron chi connectivity index (χ1n) is 13.0. The van der Waals surface area contributed by atoms with Gasteiger partial charge < -0.3 is 28.8 Å². The third-order valence-electron chi connectivity index (χ3n) is 6.16. The zero-order chi connectivity index (χ0) is 31.2. The van der Waals surface area contributed by atoms with E-state index in [-0.39, 0.29) is 31.7 Å². The fourth-order valence-corrected chi connectivity index (χ4v) is 4.73. The zero-order valence-electron chi connectivity index (χ0n) is 22.7. The van der Waals surface area contributed by atoms with E-state index in [0.717, 1.165) is 0 Å². The lowest BCUT2D eigenvalue weighted by Crippen LogP contribution is -2.40. The molecule has 0 aliphatic carbocycles. The Hall–Kier alpha value is -2.31. The molecule has 2 fully saturated rings. The largest absolute Gasteiger partial charge is 0.481 e. The van der Waals surface area contributed by atoms with E-state index >= 15 is 0 Å². The van der Waals surface area contributed by atoms with Gasteiger partial charge in [0.15, 0.2) is 0 Å². The fourth-order valence-electron chi connectivity index (χ4n) is 4.34. The molecule has 0 aromatic rings. The van der Waals surface area contributed by atoms with Gasteiger partial charge in [0.05, 0.1) is 18.9 Å². The first-order chi connectivity index (χ1) is 19.9. The van der Waals surface area contributed by atoms with Crippen LogP contribution in [0.3, 0.4) is 0 Å². The maximum atomic E-state index is 12.0. The van der Waals surface area contributed by atoms with E-state index < -0.39 is 72.1 Å². The average molecular weight is 674 g/mol. The molecule has 2 aliphatic heterocycles. The van der Waals surface area contributed by atoms with Gasteiger partial charge in [-0.05, 0) is 32.3 Å². The number of carbonyl (C=O) groups is 5. The number of halogens is 4. The number of allylic oxidation sites excluding steroid dienone is 3. The summed E-state index contributed by atoms with van der Waals surface area (Å²) in [7, 11) is 0. The second-order valence-electron chi connectivity index (χ2n) is 9.47. The minimum absolute atomic E-state index is 0.0138. The third kappa shape index (κ3) is 12.5. The average Bonchev–Trinajstić information content (AvgIpc) is 3.34. The number of hydrogen-bond donors (Lipinski definition) is 1. The Bertz CT molecular complexity index is 1090. The van der Waals surface area contributed by atoms with Crippen molar-refractivity contribution in [3.8, 4) is 0 Å². The minimum atomic E-state index is -1.07. The molecule has 0 aromatic carbocycles. The van der Waals surface area contributed by atoms with Crippen LogP contribution in [0.2, 0.25) is 0 Å². The van der Waals surface area contributed by atoms with E-state index in [1.807, 2.05) is 0 Å². The summed E-state index contributed by atoms with van der Waals surface area (Å²) in [6.45, 7) is 1.54. The Labute approximate surface area is 263 Å². The van der Waals surface area contributed by atoms with Gasteiger partial charge in [0, 0.05) is 17.0 Å². The van der Waals surface area contributed by atoms with E-state index in [9.17, 15) is 24.0 Å². The van der Waals surface area contributed by atoms with Crippen molar-refractivity contribution in [1.29, 1.82) is 0 Å². The van der Waals surface area contributed by atoms with E-state index in [1.54, 1.807) is 19.1 Å². The molecule has 0 spiro atoms. The molecule has 2 rings (SSSR count). The Morgan fingerprint density at radius 2 is 1.74 bits per heavy atom. The highest BCUT2D eigenvalue weighted by Gasteiger charge is 2.43. The first kappa shape index (κ1) is 35.9. The highest BCUT2D eigenvalue weighted by atomic mass is 35.5. The van der Waals surface area contributed by atoms with Crippen molar-refractivity contribution in [2.75, 3.05) is 24.2 Å². The van der Waals surface area contributed by atoms with Crippen molar-refractivity contribution >= 4 is 76.3 Å². The lowest BCUT2D eigenvalue weighted by molar-refractivity contribution is -0.160. The van der Waals surface area contributed by atoms with Gasteiger partial charge >= 0.3 is 29.8 Å². The SMILES string of the molecule is C/C(=C\[C@@H](OC(=O)CCl)[C@H]1O[C@H](CC/C(Cl)=C/C/C=C2/COC(=O)CC2OC(=O)CCl)C[C@H]1OC(=O)CCl)CC(=O)O. The molecule has 0 aromatic heterocycles. The molecule has 5 atom stereocenters. The third-order valence-corrected chi connectivity index (χ3v) is 7.15. The highest BCUT2D eigenvalue weighted by Crippen LogP contribution is 2.32. The van der Waals surface area contributed by atoms with Crippen LogP contribution in [-0.4, -0.2) is 89.7 Å². The van der Waals surface area contributed by atoms with Crippen molar-refractivity contribution in [2.45, 2.75) is 76.0 Å². The Balaban J connectivity index is 2.09. The monoisotopic (exact) mass is 672 g/mol. The number of rotatable bonds is 15. The van der Waals surface area contributed by atoms with Crippen molar-refractivity contribution in [3.05, 3.63) is 34.4 Å². The van der Waals surface area contributed by atoms with Crippen molar-refractivity contribution in [2.24, 2.45) is 0 Å². The molecule has 11 nitrogen and oxygen atoms in total. The summed E-state index contributed by atoms with van der Waals surface area (Å²) < 4.78 is 27.2. The van der Waals surface area contributed by atoms with Crippen LogP contribution in [0.15, 0.2) is 34.4 Å². The van der Waals surface area contributed by atoms with Gasteiger partial charge in [0.2, 0.25) is 0 Å². The van der Waals surface area contributed by atoms with E-state index in [0.29, 0.717) is 35.4 Å². The summed E-state index contributed by atoms with van der Waals surface area (Å²) in [6.07, 6.45) is 1.90. The number of aliphatic carboxylic acids is 1. The maximum Gasteiger partial charge on any atom is 0.321 e. The molecule has 42 heavy (non-hydrogen) atoms.